The molecule has 1 atom stereocenters. The molecule has 0 bridgehead atoms. The number of benzene rings is 1. The number of nitrogens with zero attached hydrogens (tertiary/aromatic N) is 2. The number of hydrogen-bond acceptors (Lipinski definition) is 4. The number of nitrogens with one attached hydrogen (secondary N) is 1. The molecule has 21 heavy (non-hydrogen) atoms. The van der Waals surface area contributed by atoms with Crippen LogP contribution in [0.15, 0.2) is 18.2 Å². The minimum atomic E-state index is -0.539. The molecule has 0 aliphatic carbocycles. The third kappa shape index (κ3) is 3.92. The predicted molar refractivity (Wildman–Crippen MR) is 80.7 cm³/mol. The number of likely N-dealkylation sites (tertiary alicyclic amines) is 1. The second kappa shape index (κ2) is 6.87. The first-order valence-corrected chi connectivity index (χ1v) is 7.28. The van der Waals surface area contributed by atoms with Gasteiger partial charge < -0.3 is 10.2 Å². The van der Waals surface area contributed by atoms with E-state index in [9.17, 15) is 14.9 Å². The van der Waals surface area contributed by atoms with Gasteiger partial charge in [0.15, 0.2) is 0 Å². The molecule has 114 valence electrons. The van der Waals surface area contributed by atoms with Gasteiger partial charge in [0, 0.05) is 35.8 Å². The van der Waals surface area contributed by atoms with Crippen LogP contribution in [0.5, 0.6) is 0 Å². The Hall–Kier alpha value is -1.66. The minimum absolute atomic E-state index is 0.158. The highest BCUT2D eigenvalue weighted by Crippen LogP contribution is 2.24. The fourth-order valence-corrected chi connectivity index (χ4v) is 2.92. The maximum Gasteiger partial charge on any atom is 0.271 e. The molecule has 0 saturated carbocycles. The van der Waals surface area contributed by atoms with E-state index in [1.165, 1.54) is 18.2 Å². The van der Waals surface area contributed by atoms with Gasteiger partial charge in [-0.25, -0.2) is 0 Å². The summed E-state index contributed by atoms with van der Waals surface area (Å²) in [5.74, 6) is 0.225. The number of nitro groups is 1. The Morgan fingerprint density at radius 2 is 2.29 bits per heavy atom. The molecular weight excluding hydrogens is 294 g/mol. The van der Waals surface area contributed by atoms with Gasteiger partial charge in [-0.05, 0) is 38.4 Å². The van der Waals surface area contributed by atoms with Crippen LogP contribution in [0.4, 0.5) is 5.69 Å². The van der Waals surface area contributed by atoms with Gasteiger partial charge in [-0.1, -0.05) is 11.6 Å². The first-order chi connectivity index (χ1) is 10.0. The molecule has 0 radical (unpaired) electrons. The van der Waals surface area contributed by atoms with Gasteiger partial charge in [0.2, 0.25) is 0 Å². The van der Waals surface area contributed by atoms with Crippen LogP contribution in [-0.2, 0) is 0 Å². The van der Waals surface area contributed by atoms with Gasteiger partial charge in [-0.3, -0.25) is 14.9 Å². The van der Waals surface area contributed by atoms with Gasteiger partial charge in [0.1, 0.15) is 0 Å². The van der Waals surface area contributed by atoms with Crippen molar-refractivity contribution < 1.29 is 9.72 Å². The Morgan fingerprint density at radius 1 is 1.52 bits per heavy atom. The Kier molecular flexibility index (Phi) is 5.14. The number of carbonyl (C=O) groups excluding carboxylic acids is 1. The van der Waals surface area contributed by atoms with Crippen LogP contribution < -0.4 is 5.32 Å². The summed E-state index contributed by atoms with van der Waals surface area (Å²) in [4.78, 5) is 24.6. The van der Waals surface area contributed by atoms with Crippen LogP contribution in [0.3, 0.4) is 0 Å². The zero-order valence-electron chi connectivity index (χ0n) is 11.8. The summed E-state index contributed by atoms with van der Waals surface area (Å²) in [5, 5.41) is 14.2. The van der Waals surface area contributed by atoms with Crippen LogP contribution in [0.2, 0.25) is 5.02 Å². The molecule has 1 aromatic rings. The predicted octanol–water partition coefficient (Wildman–Crippen LogP) is 2.32. The molecule has 1 amide bonds. The van der Waals surface area contributed by atoms with Gasteiger partial charge in [-0.2, -0.15) is 0 Å². The highest BCUT2D eigenvalue weighted by molar-refractivity contribution is 6.31. The van der Waals surface area contributed by atoms with Gasteiger partial charge in [0.25, 0.3) is 11.6 Å². The van der Waals surface area contributed by atoms with Crippen LogP contribution in [0.25, 0.3) is 0 Å². The number of carbonyl (C=O) groups is 1. The van der Waals surface area contributed by atoms with Crippen molar-refractivity contribution in [3.63, 3.8) is 0 Å². The lowest BCUT2D eigenvalue weighted by Gasteiger charge is -2.32. The number of nitro benzene ring substituents is 1. The molecule has 1 aliphatic heterocycles. The molecule has 0 aromatic heterocycles. The zero-order valence-corrected chi connectivity index (χ0v) is 12.6. The van der Waals surface area contributed by atoms with E-state index in [1.54, 1.807) is 4.90 Å². The summed E-state index contributed by atoms with van der Waals surface area (Å²) in [6, 6.07) is 4.02. The second-order valence-corrected chi connectivity index (χ2v) is 5.71. The van der Waals surface area contributed by atoms with Crippen molar-refractivity contribution in [2.24, 2.45) is 5.92 Å². The normalized spacial score (nSPS) is 18.6. The van der Waals surface area contributed by atoms with Crippen molar-refractivity contribution in [2.45, 2.75) is 12.8 Å². The average Bonchev–Trinajstić information content (AvgIpc) is 2.46. The third-order valence-electron chi connectivity index (χ3n) is 3.64. The van der Waals surface area contributed by atoms with Gasteiger partial charge in [0.05, 0.1) is 4.92 Å². The molecule has 2 rings (SSSR count). The monoisotopic (exact) mass is 311 g/mol. The van der Waals surface area contributed by atoms with Gasteiger partial charge >= 0.3 is 0 Å². The average molecular weight is 312 g/mol. The largest absolute Gasteiger partial charge is 0.338 e. The highest BCUT2D eigenvalue weighted by Gasteiger charge is 2.25. The lowest BCUT2D eigenvalue weighted by Crippen LogP contribution is -2.42. The number of rotatable bonds is 4. The molecule has 1 aromatic carbocycles. The molecule has 1 aliphatic rings. The summed E-state index contributed by atoms with van der Waals surface area (Å²) in [7, 11) is 1.89. The van der Waals surface area contributed by atoms with E-state index in [0.717, 1.165) is 19.4 Å². The van der Waals surface area contributed by atoms with E-state index in [0.29, 0.717) is 19.0 Å². The van der Waals surface area contributed by atoms with Crippen LogP contribution in [0.1, 0.15) is 23.2 Å². The van der Waals surface area contributed by atoms with E-state index >= 15 is 0 Å². The van der Waals surface area contributed by atoms with Crippen molar-refractivity contribution in [3.05, 3.63) is 38.9 Å². The summed E-state index contributed by atoms with van der Waals surface area (Å²) in [6.07, 6.45) is 2.03. The van der Waals surface area contributed by atoms with E-state index < -0.39 is 4.92 Å². The summed E-state index contributed by atoms with van der Waals surface area (Å²) < 4.78 is 0. The zero-order chi connectivity index (χ0) is 15.4. The van der Waals surface area contributed by atoms with Crippen molar-refractivity contribution in [1.82, 2.24) is 10.2 Å². The molecule has 7 heteroatoms. The van der Waals surface area contributed by atoms with Crippen molar-refractivity contribution in [2.75, 3.05) is 26.7 Å². The van der Waals surface area contributed by atoms with Crippen molar-refractivity contribution >= 4 is 23.2 Å². The smallest absolute Gasteiger partial charge is 0.271 e. The fraction of sp³-hybridized carbons (Fsp3) is 0.500. The third-order valence-corrected chi connectivity index (χ3v) is 3.86. The standard InChI is InChI=1S/C14H18ClN3O3/c1-16-8-10-3-2-4-17(9-10)14(19)11-5-12(15)7-13(6-11)18(20)21/h5-7,10,16H,2-4,8-9H2,1H3. The molecule has 1 fully saturated rings. The first kappa shape index (κ1) is 15.7. The highest BCUT2D eigenvalue weighted by atomic mass is 35.5. The summed E-state index contributed by atoms with van der Waals surface area (Å²) in [5.41, 5.74) is 0.119. The van der Waals surface area contributed by atoms with E-state index in [2.05, 4.69) is 5.32 Å². The van der Waals surface area contributed by atoms with Crippen LogP contribution in [-0.4, -0.2) is 42.4 Å². The fourth-order valence-electron chi connectivity index (χ4n) is 2.69. The SMILES string of the molecule is CNCC1CCCN(C(=O)c2cc(Cl)cc([N+](=O)[O-])c2)C1. The lowest BCUT2D eigenvalue weighted by atomic mass is 9.97. The van der Waals surface area contributed by atoms with E-state index in [4.69, 9.17) is 11.6 Å². The summed E-state index contributed by atoms with van der Waals surface area (Å²) in [6.45, 7) is 2.21. The first-order valence-electron chi connectivity index (χ1n) is 6.90. The minimum Gasteiger partial charge on any atom is -0.338 e. The maximum atomic E-state index is 12.5. The molecule has 6 nitrogen and oxygen atoms in total. The summed E-state index contributed by atoms with van der Waals surface area (Å²) >= 11 is 5.87. The molecule has 1 unspecified atom stereocenters. The number of non-ortho nitro benzene ring substituents is 1. The Balaban J connectivity index is 2.17. The maximum absolute atomic E-state index is 12.5. The molecule has 0 spiro atoms. The number of amides is 1. The quantitative estimate of drug-likeness (QED) is 0.684. The lowest BCUT2D eigenvalue weighted by molar-refractivity contribution is -0.384. The van der Waals surface area contributed by atoms with Crippen LogP contribution in [0, 0.1) is 16.0 Å². The van der Waals surface area contributed by atoms with E-state index in [-0.39, 0.29) is 22.2 Å². The van der Waals surface area contributed by atoms with Gasteiger partial charge in [-0.15, -0.1) is 0 Å². The van der Waals surface area contributed by atoms with Crippen molar-refractivity contribution in [3.8, 4) is 0 Å². The molecule has 1 saturated heterocycles. The topological polar surface area (TPSA) is 75.5 Å². The van der Waals surface area contributed by atoms with Crippen molar-refractivity contribution in [1.29, 1.82) is 0 Å². The molecular formula is C14H18ClN3O3. The van der Waals surface area contributed by atoms with E-state index in [1.807, 2.05) is 7.05 Å². The number of hydrogen-bond donors (Lipinski definition) is 1. The Morgan fingerprint density at radius 3 is 2.95 bits per heavy atom. The number of halogens is 1. The Labute approximate surface area is 128 Å². The second-order valence-electron chi connectivity index (χ2n) is 5.27. The van der Waals surface area contributed by atoms with Crippen LogP contribution >= 0.6 is 11.6 Å². The number of piperidine rings is 1. The molecule has 1 N–H and O–H groups in total. The molecule has 1 heterocycles. The Bertz CT molecular complexity index is 548.